The molecule has 0 aliphatic carbocycles. The van der Waals surface area contributed by atoms with Crippen LogP contribution in [0, 0.1) is 6.92 Å². The van der Waals surface area contributed by atoms with Crippen molar-refractivity contribution in [2.24, 2.45) is 0 Å². The van der Waals surface area contributed by atoms with Crippen molar-refractivity contribution in [1.82, 2.24) is 19.6 Å². The molecule has 1 aliphatic rings. The minimum absolute atomic E-state index is 0.140. The summed E-state index contributed by atoms with van der Waals surface area (Å²) in [5, 5.41) is 14.2. The van der Waals surface area contributed by atoms with Crippen molar-refractivity contribution in [3.63, 3.8) is 0 Å². The molecule has 0 amide bonds. The molecule has 3 rings (SSSR count). The van der Waals surface area contributed by atoms with E-state index in [1.807, 2.05) is 23.9 Å². The van der Waals surface area contributed by atoms with Gasteiger partial charge in [0.05, 0.1) is 5.69 Å². The topological polar surface area (TPSA) is 52.8 Å². The van der Waals surface area contributed by atoms with E-state index < -0.39 is 0 Å². The maximum atomic E-state index is 10.6. The Hall–Kier alpha value is -1.08. The van der Waals surface area contributed by atoms with Crippen LogP contribution in [0.3, 0.4) is 0 Å². The minimum Gasteiger partial charge on any atom is -0.378 e. The van der Waals surface area contributed by atoms with E-state index >= 15 is 0 Å². The maximum Gasteiger partial charge on any atom is 0.137 e. The molecule has 2 aromatic rings. The Balaban J connectivity index is 1.63. The number of fused-ring (bicyclic) bond motifs is 1. The molecule has 0 radical (unpaired) electrons. The van der Waals surface area contributed by atoms with Crippen molar-refractivity contribution in [1.29, 1.82) is 0 Å². The van der Waals surface area contributed by atoms with E-state index in [2.05, 4.69) is 47.7 Å². The Morgan fingerprint density at radius 1 is 1.31 bits per heavy atom. The van der Waals surface area contributed by atoms with Crippen molar-refractivity contribution in [2.45, 2.75) is 76.4 Å². The van der Waals surface area contributed by atoms with Gasteiger partial charge in [0.25, 0.3) is 0 Å². The summed E-state index contributed by atoms with van der Waals surface area (Å²) in [5.41, 5.74) is 3.43. The maximum absolute atomic E-state index is 10.6. The molecule has 2 N–H and O–H groups in total. The highest BCUT2D eigenvalue weighted by molar-refractivity contribution is 7.99. The van der Waals surface area contributed by atoms with E-state index in [9.17, 15) is 5.11 Å². The molecule has 0 spiro atoms. The molecule has 26 heavy (non-hydrogen) atoms. The summed E-state index contributed by atoms with van der Waals surface area (Å²) in [6, 6.07) is 6.53. The molecule has 3 unspecified atom stereocenters. The van der Waals surface area contributed by atoms with Crippen LogP contribution in [0.2, 0.25) is 0 Å². The number of aromatic nitrogens is 2. The van der Waals surface area contributed by atoms with Crippen molar-refractivity contribution in [3.8, 4) is 0 Å². The van der Waals surface area contributed by atoms with Crippen molar-refractivity contribution in [3.05, 3.63) is 35.8 Å². The van der Waals surface area contributed by atoms with Gasteiger partial charge in [0.15, 0.2) is 0 Å². The zero-order chi connectivity index (χ0) is 18.5. The lowest BCUT2D eigenvalue weighted by molar-refractivity contribution is -0.0498. The van der Waals surface area contributed by atoms with Crippen molar-refractivity contribution in [2.75, 3.05) is 6.54 Å². The van der Waals surface area contributed by atoms with Gasteiger partial charge in [-0.05, 0) is 32.4 Å². The lowest BCUT2D eigenvalue weighted by atomic mass is 10.1. The second-order valence-electron chi connectivity index (χ2n) is 7.37. The van der Waals surface area contributed by atoms with Crippen LogP contribution in [0.15, 0.2) is 24.4 Å². The van der Waals surface area contributed by atoms with Gasteiger partial charge >= 0.3 is 0 Å². The van der Waals surface area contributed by atoms with Crippen LogP contribution in [-0.4, -0.2) is 43.7 Å². The lowest BCUT2D eigenvalue weighted by Gasteiger charge is -2.42. The first-order chi connectivity index (χ1) is 12.6. The number of unbranched alkanes of at least 4 members (excludes halogenated alkanes) is 3. The highest BCUT2D eigenvalue weighted by Gasteiger charge is 2.32. The number of rotatable bonds is 8. The summed E-state index contributed by atoms with van der Waals surface area (Å²) < 4.78 is 2.14. The first-order valence-corrected chi connectivity index (χ1v) is 10.9. The number of nitrogens with zero attached hydrogens (tertiary/aromatic N) is 3. The van der Waals surface area contributed by atoms with Gasteiger partial charge in [-0.1, -0.05) is 32.3 Å². The molecular weight excluding hydrogens is 344 g/mol. The zero-order valence-corrected chi connectivity index (χ0v) is 17.0. The normalized spacial score (nSPS) is 24.4. The number of aliphatic hydroxyl groups is 1. The van der Waals surface area contributed by atoms with E-state index in [0.717, 1.165) is 36.5 Å². The monoisotopic (exact) mass is 376 g/mol. The van der Waals surface area contributed by atoms with Gasteiger partial charge in [-0.25, -0.2) is 4.98 Å². The molecule has 144 valence electrons. The summed E-state index contributed by atoms with van der Waals surface area (Å²) in [6.45, 7) is 7.43. The van der Waals surface area contributed by atoms with Gasteiger partial charge in [-0.3, -0.25) is 10.2 Å². The molecule has 0 aromatic carbocycles. The van der Waals surface area contributed by atoms with E-state index in [4.69, 9.17) is 4.98 Å². The third-order valence-electron chi connectivity index (χ3n) is 5.08. The molecule has 1 saturated heterocycles. The number of aliphatic hydroxyl groups excluding tert-OH is 1. The number of pyridine rings is 1. The minimum atomic E-state index is -0.353. The molecule has 3 atom stereocenters. The van der Waals surface area contributed by atoms with Crippen LogP contribution in [0.5, 0.6) is 0 Å². The van der Waals surface area contributed by atoms with Crippen LogP contribution >= 0.6 is 11.8 Å². The van der Waals surface area contributed by atoms with E-state index in [0.29, 0.717) is 6.04 Å². The molecule has 0 saturated carbocycles. The summed E-state index contributed by atoms with van der Waals surface area (Å²) in [5.74, 6) is 0.837. The van der Waals surface area contributed by atoms with E-state index in [1.165, 1.54) is 25.0 Å². The molecule has 1 aliphatic heterocycles. The Bertz CT molecular complexity index is 704. The molecule has 6 heteroatoms. The predicted octanol–water partition coefficient (Wildman–Crippen LogP) is 3.74. The molecular formula is C20H32N4OS. The summed E-state index contributed by atoms with van der Waals surface area (Å²) in [4.78, 5) is 6.96. The van der Waals surface area contributed by atoms with E-state index in [1.54, 1.807) is 0 Å². The number of nitrogens with one attached hydrogen (secondary N) is 1. The SMILES string of the molecule is CCCCCCN1C(O)CC(C)NC1SCc1cn2c(C)cccc2n1. The second-order valence-corrected chi connectivity index (χ2v) is 8.44. The quantitative estimate of drug-likeness (QED) is 0.688. The fourth-order valence-corrected chi connectivity index (χ4v) is 4.81. The second kappa shape index (κ2) is 9.22. The Kier molecular flexibility index (Phi) is 6.98. The summed E-state index contributed by atoms with van der Waals surface area (Å²) in [6.07, 6.45) is 7.46. The zero-order valence-electron chi connectivity index (χ0n) is 16.2. The van der Waals surface area contributed by atoms with Crippen LogP contribution in [0.25, 0.3) is 5.65 Å². The van der Waals surface area contributed by atoms with Gasteiger partial charge in [0.2, 0.25) is 0 Å². The fraction of sp³-hybridized carbons (Fsp3) is 0.650. The molecule has 3 heterocycles. The average molecular weight is 377 g/mol. The summed E-state index contributed by atoms with van der Waals surface area (Å²) >= 11 is 1.83. The Morgan fingerprint density at radius 2 is 2.15 bits per heavy atom. The van der Waals surface area contributed by atoms with Gasteiger partial charge in [0.1, 0.15) is 17.4 Å². The van der Waals surface area contributed by atoms with E-state index in [-0.39, 0.29) is 11.7 Å². The molecule has 5 nitrogen and oxygen atoms in total. The standard InChI is InChI=1S/C20H32N4OS/c1-4-5-6-7-11-23-19(25)12-15(2)21-20(23)26-14-17-13-24-16(3)9-8-10-18(24)22-17/h8-10,13,15,19-21,25H,4-7,11-12,14H2,1-3H3. The number of hydrogen-bond acceptors (Lipinski definition) is 5. The number of imidazole rings is 1. The van der Waals surface area contributed by atoms with Crippen molar-refractivity contribution < 1.29 is 5.11 Å². The lowest BCUT2D eigenvalue weighted by Crippen LogP contribution is -2.58. The first-order valence-electron chi connectivity index (χ1n) is 9.83. The van der Waals surface area contributed by atoms with Crippen LogP contribution < -0.4 is 5.32 Å². The number of hydrogen-bond donors (Lipinski definition) is 2. The smallest absolute Gasteiger partial charge is 0.137 e. The fourth-order valence-electron chi connectivity index (χ4n) is 3.58. The highest BCUT2D eigenvalue weighted by Crippen LogP contribution is 2.26. The largest absolute Gasteiger partial charge is 0.378 e. The summed E-state index contributed by atoms with van der Waals surface area (Å²) in [7, 11) is 0. The Morgan fingerprint density at radius 3 is 2.92 bits per heavy atom. The van der Waals surface area contributed by atoms with Crippen LogP contribution in [0.1, 0.15) is 57.3 Å². The molecule has 2 aromatic heterocycles. The van der Waals surface area contributed by atoms with Crippen molar-refractivity contribution >= 4 is 17.4 Å². The van der Waals surface area contributed by atoms with Gasteiger partial charge in [-0.15, -0.1) is 11.8 Å². The number of aryl methyl sites for hydroxylation is 1. The van der Waals surface area contributed by atoms with Crippen LogP contribution in [0.4, 0.5) is 0 Å². The predicted molar refractivity (Wildman–Crippen MR) is 109 cm³/mol. The van der Waals surface area contributed by atoms with Crippen LogP contribution in [-0.2, 0) is 5.75 Å². The highest BCUT2D eigenvalue weighted by atomic mass is 32.2. The van der Waals surface area contributed by atoms with Gasteiger partial charge in [-0.2, -0.15) is 0 Å². The molecule has 0 bridgehead atoms. The average Bonchev–Trinajstić information content (AvgIpc) is 3.03. The first kappa shape index (κ1) is 19.7. The van der Waals surface area contributed by atoms with Gasteiger partial charge < -0.3 is 9.51 Å². The molecule has 1 fully saturated rings. The van der Waals surface area contributed by atoms with Gasteiger partial charge in [0, 0.05) is 36.7 Å². The third kappa shape index (κ3) is 4.80. The Labute approximate surface area is 161 Å². The number of thioether (sulfide) groups is 1. The third-order valence-corrected chi connectivity index (χ3v) is 6.27.